The predicted octanol–water partition coefficient (Wildman–Crippen LogP) is 0.433. The summed E-state index contributed by atoms with van der Waals surface area (Å²) in [5.41, 5.74) is 0. The van der Waals surface area contributed by atoms with Crippen molar-refractivity contribution in [2.24, 2.45) is 0 Å². The van der Waals surface area contributed by atoms with Gasteiger partial charge in [0.2, 0.25) is 5.91 Å². The van der Waals surface area contributed by atoms with Crippen LogP contribution in [0.4, 0.5) is 0 Å². The monoisotopic (exact) mass is 237 g/mol. The van der Waals surface area contributed by atoms with Crippen LogP contribution in [0.5, 0.6) is 0 Å². The zero-order valence-corrected chi connectivity index (χ0v) is 10.7. The molecule has 1 N–H and O–H groups in total. The van der Waals surface area contributed by atoms with Gasteiger partial charge in [-0.05, 0) is 32.6 Å². The number of carbonyl (C=O) groups excluding carboxylic acids is 1. The first kappa shape index (κ1) is 11.5. The maximum absolute atomic E-state index is 12.3. The SMILES string of the molecule is CC1CC[C@@H](C(=O)N2CCN(C3CC3)CC2)N1. The summed E-state index contributed by atoms with van der Waals surface area (Å²) in [5, 5.41) is 3.39. The van der Waals surface area contributed by atoms with Gasteiger partial charge < -0.3 is 10.2 Å². The lowest BCUT2D eigenvalue weighted by Gasteiger charge is -2.36. The van der Waals surface area contributed by atoms with E-state index in [4.69, 9.17) is 0 Å². The molecule has 0 aromatic rings. The first-order chi connectivity index (χ1) is 8.24. The topological polar surface area (TPSA) is 35.6 Å². The van der Waals surface area contributed by atoms with Crippen LogP contribution in [-0.2, 0) is 4.79 Å². The molecule has 4 nitrogen and oxygen atoms in total. The molecular formula is C13H23N3O. The molecule has 4 heteroatoms. The Morgan fingerprint density at radius 3 is 2.29 bits per heavy atom. The van der Waals surface area contributed by atoms with Gasteiger partial charge in [-0.15, -0.1) is 0 Å². The van der Waals surface area contributed by atoms with Crippen LogP contribution in [0.3, 0.4) is 0 Å². The van der Waals surface area contributed by atoms with Crippen LogP contribution in [0, 0.1) is 0 Å². The molecule has 2 saturated heterocycles. The van der Waals surface area contributed by atoms with Crippen molar-refractivity contribution in [3.63, 3.8) is 0 Å². The molecular weight excluding hydrogens is 214 g/mol. The Balaban J connectivity index is 1.50. The predicted molar refractivity (Wildman–Crippen MR) is 66.8 cm³/mol. The van der Waals surface area contributed by atoms with Crippen molar-refractivity contribution in [3.8, 4) is 0 Å². The Morgan fingerprint density at radius 1 is 1.06 bits per heavy atom. The van der Waals surface area contributed by atoms with Gasteiger partial charge in [0.1, 0.15) is 0 Å². The van der Waals surface area contributed by atoms with Gasteiger partial charge in [-0.3, -0.25) is 9.69 Å². The summed E-state index contributed by atoms with van der Waals surface area (Å²) in [6.07, 6.45) is 4.90. The lowest BCUT2D eigenvalue weighted by atomic mass is 10.1. The normalized spacial score (nSPS) is 35.2. The minimum Gasteiger partial charge on any atom is -0.339 e. The van der Waals surface area contributed by atoms with Crippen LogP contribution in [0.15, 0.2) is 0 Å². The van der Waals surface area contributed by atoms with E-state index in [9.17, 15) is 4.79 Å². The summed E-state index contributed by atoms with van der Waals surface area (Å²) >= 11 is 0. The zero-order valence-electron chi connectivity index (χ0n) is 10.7. The Morgan fingerprint density at radius 2 is 1.76 bits per heavy atom. The van der Waals surface area contributed by atoms with Crippen molar-refractivity contribution in [3.05, 3.63) is 0 Å². The molecule has 17 heavy (non-hydrogen) atoms. The van der Waals surface area contributed by atoms with Crippen molar-refractivity contribution in [2.45, 2.75) is 50.7 Å². The summed E-state index contributed by atoms with van der Waals surface area (Å²) in [7, 11) is 0. The summed E-state index contributed by atoms with van der Waals surface area (Å²) in [6, 6.07) is 1.45. The number of piperazine rings is 1. The molecule has 3 rings (SSSR count). The molecule has 2 heterocycles. The number of hydrogen-bond donors (Lipinski definition) is 1. The number of hydrogen-bond acceptors (Lipinski definition) is 3. The fourth-order valence-electron chi connectivity index (χ4n) is 3.09. The van der Waals surface area contributed by atoms with E-state index >= 15 is 0 Å². The average molecular weight is 237 g/mol. The third kappa shape index (κ3) is 2.47. The van der Waals surface area contributed by atoms with Crippen molar-refractivity contribution in [1.29, 1.82) is 0 Å². The van der Waals surface area contributed by atoms with Crippen LogP contribution in [0.2, 0.25) is 0 Å². The van der Waals surface area contributed by atoms with Crippen molar-refractivity contribution in [2.75, 3.05) is 26.2 Å². The highest BCUT2D eigenvalue weighted by atomic mass is 16.2. The molecule has 3 aliphatic rings. The summed E-state index contributed by atoms with van der Waals surface area (Å²) < 4.78 is 0. The second kappa shape index (κ2) is 4.58. The lowest BCUT2D eigenvalue weighted by Crippen LogP contribution is -2.53. The van der Waals surface area contributed by atoms with E-state index in [0.717, 1.165) is 45.1 Å². The van der Waals surface area contributed by atoms with Crippen LogP contribution in [0.1, 0.15) is 32.6 Å². The molecule has 3 fully saturated rings. The fraction of sp³-hybridized carbons (Fsp3) is 0.923. The van der Waals surface area contributed by atoms with Crippen LogP contribution < -0.4 is 5.32 Å². The molecule has 1 amide bonds. The zero-order chi connectivity index (χ0) is 11.8. The second-order valence-electron chi connectivity index (χ2n) is 5.79. The van der Waals surface area contributed by atoms with Gasteiger partial charge in [0.05, 0.1) is 6.04 Å². The van der Waals surface area contributed by atoms with E-state index in [1.807, 2.05) is 0 Å². The maximum Gasteiger partial charge on any atom is 0.239 e. The smallest absolute Gasteiger partial charge is 0.239 e. The third-order valence-corrected chi connectivity index (χ3v) is 4.36. The number of amides is 1. The van der Waals surface area contributed by atoms with E-state index in [-0.39, 0.29) is 6.04 Å². The molecule has 0 bridgehead atoms. The van der Waals surface area contributed by atoms with Gasteiger partial charge in [0.25, 0.3) is 0 Å². The molecule has 0 spiro atoms. The molecule has 1 unspecified atom stereocenters. The number of nitrogens with zero attached hydrogens (tertiary/aromatic N) is 2. The van der Waals surface area contributed by atoms with E-state index in [0.29, 0.717) is 11.9 Å². The average Bonchev–Trinajstić information content (AvgIpc) is 3.11. The Labute approximate surface area is 103 Å². The van der Waals surface area contributed by atoms with Crippen molar-refractivity contribution >= 4 is 5.91 Å². The molecule has 1 saturated carbocycles. The summed E-state index contributed by atoms with van der Waals surface area (Å²) in [5.74, 6) is 0.338. The molecule has 0 aromatic carbocycles. The van der Waals surface area contributed by atoms with Crippen LogP contribution in [0.25, 0.3) is 0 Å². The molecule has 2 atom stereocenters. The quantitative estimate of drug-likeness (QED) is 0.757. The first-order valence-corrected chi connectivity index (χ1v) is 7.03. The first-order valence-electron chi connectivity index (χ1n) is 7.03. The van der Waals surface area contributed by atoms with Gasteiger partial charge in [-0.25, -0.2) is 0 Å². The van der Waals surface area contributed by atoms with Gasteiger partial charge in [-0.1, -0.05) is 0 Å². The van der Waals surface area contributed by atoms with E-state index < -0.39 is 0 Å². The largest absolute Gasteiger partial charge is 0.339 e. The molecule has 0 aromatic heterocycles. The standard InChI is InChI=1S/C13H23N3O/c1-10-2-5-12(14-10)13(17)16-8-6-15(7-9-16)11-3-4-11/h10-12,14H,2-9H2,1H3/t10?,12-/m0/s1. The molecule has 2 aliphatic heterocycles. The number of carbonyl (C=O) groups is 1. The highest BCUT2D eigenvalue weighted by molar-refractivity contribution is 5.82. The minimum atomic E-state index is 0.0949. The van der Waals surface area contributed by atoms with E-state index in [1.54, 1.807) is 0 Å². The van der Waals surface area contributed by atoms with E-state index in [1.165, 1.54) is 12.8 Å². The van der Waals surface area contributed by atoms with Crippen LogP contribution >= 0.6 is 0 Å². The Bertz CT molecular complexity index is 295. The third-order valence-electron chi connectivity index (χ3n) is 4.36. The maximum atomic E-state index is 12.3. The van der Waals surface area contributed by atoms with Crippen molar-refractivity contribution in [1.82, 2.24) is 15.1 Å². The lowest BCUT2D eigenvalue weighted by molar-refractivity contribution is -0.135. The Hall–Kier alpha value is -0.610. The second-order valence-corrected chi connectivity index (χ2v) is 5.79. The number of rotatable bonds is 2. The van der Waals surface area contributed by atoms with Crippen molar-refractivity contribution < 1.29 is 4.79 Å². The van der Waals surface area contributed by atoms with Gasteiger partial charge in [0.15, 0.2) is 0 Å². The van der Waals surface area contributed by atoms with E-state index in [2.05, 4.69) is 22.0 Å². The highest BCUT2D eigenvalue weighted by Gasteiger charge is 2.35. The highest BCUT2D eigenvalue weighted by Crippen LogP contribution is 2.27. The van der Waals surface area contributed by atoms with Gasteiger partial charge in [0, 0.05) is 38.3 Å². The minimum absolute atomic E-state index is 0.0949. The fourth-order valence-corrected chi connectivity index (χ4v) is 3.09. The summed E-state index contributed by atoms with van der Waals surface area (Å²) in [6.45, 7) is 6.19. The van der Waals surface area contributed by atoms with Gasteiger partial charge >= 0.3 is 0 Å². The molecule has 96 valence electrons. The molecule has 1 aliphatic carbocycles. The summed E-state index contributed by atoms with van der Waals surface area (Å²) in [4.78, 5) is 16.9. The molecule has 0 radical (unpaired) electrons. The number of nitrogens with one attached hydrogen (secondary N) is 1. The Kier molecular flexibility index (Phi) is 3.09. The van der Waals surface area contributed by atoms with Gasteiger partial charge in [-0.2, -0.15) is 0 Å². The van der Waals surface area contributed by atoms with Crippen LogP contribution in [-0.4, -0.2) is 60.0 Å².